The lowest BCUT2D eigenvalue weighted by molar-refractivity contribution is -0.128. The van der Waals surface area contributed by atoms with Crippen molar-refractivity contribution in [3.63, 3.8) is 0 Å². The van der Waals surface area contributed by atoms with Gasteiger partial charge in [0.15, 0.2) is 0 Å². The summed E-state index contributed by atoms with van der Waals surface area (Å²) in [5.74, 6) is 1.66. The highest BCUT2D eigenvalue weighted by atomic mass is 16.2. The molecule has 2 N–H and O–H groups in total. The number of likely N-dealkylation sites (tertiary alicyclic amines) is 1. The molecule has 3 atom stereocenters. The Morgan fingerprint density at radius 3 is 2.89 bits per heavy atom. The van der Waals surface area contributed by atoms with Crippen molar-refractivity contribution >= 4 is 5.91 Å². The largest absolute Gasteiger partial charge is 0.342 e. The summed E-state index contributed by atoms with van der Waals surface area (Å²) in [6.45, 7) is 2.82. The molecule has 106 valence electrons. The van der Waals surface area contributed by atoms with E-state index in [9.17, 15) is 4.79 Å². The smallest absolute Gasteiger partial charge is 0.222 e. The minimum atomic E-state index is 0.206. The Hall–Kier alpha value is -1.26. The standard InChI is InChI=1S/C13H23N5O/c14-6-10-2-1-3-11(4-10)8-18-9-12(5-13(18)19)7-16-17-15/h10-12H,1-9,14H2/t10-,11+,12?/m1/s1. The molecule has 1 amide bonds. The van der Waals surface area contributed by atoms with Gasteiger partial charge in [-0.3, -0.25) is 4.79 Å². The van der Waals surface area contributed by atoms with E-state index < -0.39 is 0 Å². The lowest BCUT2D eigenvalue weighted by Gasteiger charge is -2.31. The zero-order valence-corrected chi connectivity index (χ0v) is 11.4. The number of hydrogen-bond donors (Lipinski definition) is 1. The maximum atomic E-state index is 11.9. The second kappa shape index (κ2) is 6.78. The Labute approximate surface area is 114 Å². The van der Waals surface area contributed by atoms with Crippen LogP contribution in [0.3, 0.4) is 0 Å². The van der Waals surface area contributed by atoms with Crippen molar-refractivity contribution in [2.75, 3.05) is 26.2 Å². The first-order chi connectivity index (χ1) is 9.22. The van der Waals surface area contributed by atoms with E-state index in [1.54, 1.807) is 0 Å². The molecule has 0 radical (unpaired) electrons. The van der Waals surface area contributed by atoms with Crippen LogP contribution in [-0.2, 0) is 4.79 Å². The number of rotatable bonds is 5. The summed E-state index contributed by atoms with van der Waals surface area (Å²) in [5.41, 5.74) is 14.1. The van der Waals surface area contributed by atoms with Gasteiger partial charge in [0, 0.05) is 31.0 Å². The normalized spacial score (nSPS) is 31.3. The molecule has 2 aliphatic rings. The molecule has 6 nitrogen and oxygen atoms in total. The Balaban J connectivity index is 1.82. The molecule has 0 bridgehead atoms. The third-order valence-corrected chi connectivity index (χ3v) is 4.40. The van der Waals surface area contributed by atoms with Gasteiger partial charge in [-0.25, -0.2) is 0 Å². The average Bonchev–Trinajstić information content (AvgIpc) is 2.77. The topological polar surface area (TPSA) is 95.1 Å². The summed E-state index contributed by atoms with van der Waals surface area (Å²) in [7, 11) is 0. The molecule has 2 fully saturated rings. The monoisotopic (exact) mass is 265 g/mol. The maximum absolute atomic E-state index is 11.9. The van der Waals surface area contributed by atoms with Gasteiger partial charge in [0.1, 0.15) is 0 Å². The molecule has 19 heavy (non-hydrogen) atoms. The van der Waals surface area contributed by atoms with Crippen LogP contribution in [0.1, 0.15) is 32.1 Å². The van der Waals surface area contributed by atoms with E-state index in [2.05, 4.69) is 10.0 Å². The lowest BCUT2D eigenvalue weighted by Crippen LogP contribution is -2.34. The van der Waals surface area contributed by atoms with Crippen LogP contribution in [0.4, 0.5) is 0 Å². The molecule has 1 unspecified atom stereocenters. The van der Waals surface area contributed by atoms with Crippen molar-refractivity contribution in [1.82, 2.24) is 4.90 Å². The number of nitrogens with zero attached hydrogens (tertiary/aromatic N) is 4. The Kier molecular flexibility index (Phi) is 5.05. The van der Waals surface area contributed by atoms with Gasteiger partial charge >= 0.3 is 0 Å². The van der Waals surface area contributed by atoms with Gasteiger partial charge in [0.25, 0.3) is 0 Å². The molecule has 0 aromatic rings. The molecule has 0 aromatic carbocycles. The number of carbonyl (C=O) groups excluding carboxylic acids is 1. The third kappa shape index (κ3) is 3.85. The number of nitrogens with two attached hydrogens (primary N) is 1. The van der Waals surface area contributed by atoms with Crippen LogP contribution in [-0.4, -0.2) is 37.0 Å². The van der Waals surface area contributed by atoms with Crippen molar-refractivity contribution < 1.29 is 4.79 Å². The van der Waals surface area contributed by atoms with Gasteiger partial charge < -0.3 is 10.6 Å². The highest BCUT2D eigenvalue weighted by Crippen LogP contribution is 2.30. The van der Waals surface area contributed by atoms with Crippen LogP contribution in [0, 0.1) is 17.8 Å². The van der Waals surface area contributed by atoms with Crippen molar-refractivity contribution in [3.8, 4) is 0 Å². The average molecular weight is 265 g/mol. The van der Waals surface area contributed by atoms with Gasteiger partial charge in [0.2, 0.25) is 5.91 Å². The highest BCUT2D eigenvalue weighted by Gasteiger charge is 2.31. The first-order valence-electron chi connectivity index (χ1n) is 7.21. The predicted octanol–water partition coefficient (Wildman–Crippen LogP) is 1.91. The fraction of sp³-hybridized carbons (Fsp3) is 0.923. The molecule has 1 aliphatic carbocycles. The van der Waals surface area contributed by atoms with Gasteiger partial charge in [-0.1, -0.05) is 11.5 Å². The molecule has 1 aliphatic heterocycles. The summed E-state index contributed by atoms with van der Waals surface area (Å²) in [6.07, 6.45) is 5.37. The zero-order valence-electron chi connectivity index (χ0n) is 11.4. The fourth-order valence-electron chi connectivity index (χ4n) is 3.40. The van der Waals surface area contributed by atoms with E-state index in [0.717, 1.165) is 26.1 Å². The van der Waals surface area contributed by atoms with Gasteiger partial charge in [-0.05, 0) is 49.1 Å². The molecule has 2 rings (SSSR count). The van der Waals surface area contributed by atoms with Crippen LogP contribution in [0.15, 0.2) is 5.11 Å². The van der Waals surface area contributed by atoms with Gasteiger partial charge in [0.05, 0.1) is 0 Å². The molecule has 6 heteroatoms. The Morgan fingerprint density at radius 2 is 2.16 bits per heavy atom. The zero-order chi connectivity index (χ0) is 13.7. The Morgan fingerprint density at radius 1 is 1.37 bits per heavy atom. The summed E-state index contributed by atoms with van der Waals surface area (Å²) in [6, 6.07) is 0. The van der Waals surface area contributed by atoms with Crippen LogP contribution < -0.4 is 5.73 Å². The van der Waals surface area contributed by atoms with E-state index in [0.29, 0.717) is 24.8 Å². The van der Waals surface area contributed by atoms with E-state index in [4.69, 9.17) is 11.3 Å². The highest BCUT2D eigenvalue weighted by molar-refractivity contribution is 5.78. The summed E-state index contributed by atoms with van der Waals surface area (Å²) in [4.78, 5) is 16.7. The number of amides is 1. The molecule has 0 spiro atoms. The van der Waals surface area contributed by atoms with Gasteiger partial charge in [-0.15, -0.1) is 0 Å². The van der Waals surface area contributed by atoms with Crippen LogP contribution in [0.25, 0.3) is 10.4 Å². The molecule has 0 aromatic heterocycles. The van der Waals surface area contributed by atoms with Crippen molar-refractivity contribution in [2.45, 2.75) is 32.1 Å². The minimum absolute atomic E-state index is 0.206. The van der Waals surface area contributed by atoms with Gasteiger partial charge in [-0.2, -0.15) is 0 Å². The second-order valence-electron chi connectivity index (χ2n) is 5.92. The van der Waals surface area contributed by atoms with Crippen LogP contribution in [0.2, 0.25) is 0 Å². The first kappa shape index (κ1) is 14.2. The molecule has 1 saturated carbocycles. The predicted molar refractivity (Wildman–Crippen MR) is 73.2 cm³/mol. The van der Waals surface area contributed by atoms with Crippen molar-refractivity contribution in [3.05, 3.63) is 10.4 Å². The maximum Gasteiger partial charge on any atom is 0.222 e. The second-order valence-corrected chi connectivity index (χ2v) is 5.92. The fourth-order valence-corrected chi connectivity index (χ4v) is 3.40. The first-order valence-corrected chi connectivity index (χ1v) is 7.21. The minimum Gasteiger partial charge on any atom is -0.342 e. The molecule has 1 saturated heterocycles. The summed E-state index contributed by atoms with van der Waals surface area (Å²) in [5, 5.41) is 3.58. The SMILES string of the molecule is [N-]=[N+]=NCC1CC(=O)N(C[C@H]2CCC[C@@H](CN)C2)C1. The lowest BCUT2D eigenvalue weighted by atomic mass is 9.81. The summed E-state index contributed by atoms with van der Waals surface area (Å²) >= 11 is 0. The van der Waals surface area contributed by atoms with Crippen molar-refractivity contribution in [2.24, 2.45) is 28.6 Å². The molecular formula is C13H23N5O. The number of hydrogen-bond acceptors (Lipinski definition) is 3. The summed E-state index contributed by atoms with van der Waals surface area (Å²) < 4.78 is 0. The molecular weight excluding hydrogens is 242 g/mol. The van der Waals surface area contributed by atoms with E-state index in [-0.39, 0.29) is 11.8 Å². The third-order valence-electron chi connectivity index (χ3n) is 4.40. The number of azide groups is 1. The van der Waals surface area contributed by atoms with E-state index in [1.165, 1.54) is 19.3 Å². The van der Waals surface area contributed by atoms with Crippen LogP contribution in [0.5, 0.6) is 0 Å². The molecule has 1 heterocycles. The Bertz CT molecular complexity index is 366. The van der Waals surface area contributed by atoms with E-state index in [1.807, 2.05) is 4.90 Å². The quantitative estimate of drug-likeness (QED) is 0.467. The van der Waals surface area contributed by atoms with Crippen LogP contribution >= 0.6 is 0 Å². The number of carbonyl (C=O) groups is 1. The van der Waals surface area contributed by atoms with Crippen molar-refractivity contribution in [1.29, 1.82) is 0 Å². The van der Waals surface area contributed by atoms with E-state index >= 15 is 0 Å².